The summed E-state index contributed by atoms with van der Waals surface area (Å²) >= 11 is 0. The molecule has 1 radical (unpaired) electrons. The van der Waals surface area contributed by atoms with Gasteiger partial charge < -0.3 is 5.73 Å². The Labute approximate surface area is 100 Å². The zero-order valence-corrected chi connectivity index (χ0v) is 10.1. The number of nitrogens with two attached hydrogens (primary N) is 1. The summed E-state index contributed by atoms with van der Waals surface area (Å²) in [6.45, 7) is 1.52. The van der Waals surface area contributed by atoms with Gasteiger partial charge in [-0.1, -0.05) is 12.1 Å². The van der Waals surface area contributed by atoms with E-state index in [-0.39, 0.29) is 5.75 Å². The molecule has 6 nitrogen and oxygen atoms in total. The lowest BCUT2D eigenvalue weighted by Crippen LogP contribution is -2.22. The first-order valence-corrected chi connectivity index (χ1v) is 6.62. The molecule has 1 aromatic rings. The number of hydrogen-bond donors (Lipinski definition) is 2. The van der Waals surface area contributed by atoms with Gasteiger partial charge in [-0.15, -0.1) is 0 Å². The Morgan fingerprint density at radius 1 is 1.53 bits per heavy atom. The van der Waals surface area contributed by atoms with E-state index in [1.165, 1.54) is 13.0 Å². The van der Waals surface area contributed by atoms with Gasteiger partial charge in [0.2, 0.25) is 10.0 Å². The van der Waals surface area contributed by atoms with Crippen LogP contribution in [0.5, 0.6) is 0 Å². The molecule has 0 aromatic heterocycles. The molecule has 1 rings (SSSR count). The van der Waals surface area contributed by atoms with Gasteiger partial charge in [0.25, 0.3) is 5.91 Å². The Kier molecular flexibility index (Phi) is 4.08. The first-order chi connectivity index (χ1) is 7.85. The topological polar surface area (TPSA) is 113 Å². The van der Waals surface area contributed by atoms with E-state index in [4.69, 9.17) is 11.5 Å². The lowest BCUT2D eigenvalue weighted by molar-refractivity contribution is -0.120. The Balaban J connectivity index is 2.98. The number of benzene rings is 1. The van der Waals surface area contributed by atoms with Crippen LogP contribution in [0.4, 0.5) is 5.69 Å². The van der Waals surface area contributed by atoms with Crippen LogP contribution in [0.3, 0.4) is 0 Å². The second kappa shape index (κ2) is 5.15. The molecule has 0 aliphatic carbocycles. The lowest BCUT2D eigenvalue weighted by Gasteiger charge is -2.10. The SMILES string of the molecule is CCS(=O)(=O)Nc1cccc([C@@H](N)C([NH])=O)c1. The zero-order valence-electron chi connectivity index (χ0n) is 9.30. The van der Waals surface area contributed by atoms with Gasteiger partial charge in [-0.2, -0.15) is 0 Å². The fourth-order valence-electron chi connectivity index (χ4n) is 1.20. The molecular weight excluding hydrogens is 242 g/mol. The Morgan fingerprint density at radius 2 is 2.18 bits per heavy atom. The van der Waals surface area contributed by atoms with Crippen LogP contribution >= 0.6 is 0 Å². The van der Waals surface area contributed by atoms with Crippen LogP contribution in [0, 0.1) is 0 Å². The van der Waals surface area contributed by atoms with Crippen LogP contribution in [0.1, 0.15) is 18.5 Å². The van der Waals surface area contributed by atoms with Crippen molar-refractivity contribution in [2.45, 2.75) is 13.0 Å². The van der Waals surface area contributed by atoms with Crippen molar-refractivity contribution >= 4 is 21.6 Å². The van der Waals surface area contributed by atoms with E-state index >= 15 is 0 Å². The number of anilines is 1. The summed E-state index contributed by atoms with van der Waals surface area (Å²) in [5.74, 6) is -0.957. The fourth-order valence-corrected chi connectivity index (χ4v) is 1.83. The molecule has 0 spiro atoms. The first kappa shape index (κ1) is 13.5. The molecule has 7 heteroatoms. The summed E-state index contributed by atoms with van der Waals surface area (Å²) in [5, 5.41) is 0. The molecule has 93 valence electrons. The average molecular weight is 256 g/mol. The molecule has 0 saturated carbocycles. The van der Waals surface area contributed by atoms with Gasteiger partial charge in [0.05, 0.1) is 5.75 Å². The van der Waals surface area contributed by atoms with Gasteiger partial charge in [-0.25, -0.2) is 8.42 Å². The highest BCUT2D eigenvalue weighted by molar-refractivity contribution is 7.92. The Bertz CT molecular complexity index is 513. The summed E-state index contributed by atoms with van der Waals surface area (Å²) < 4.78 is 25.0. The van der Waals surface area contributed by atoms with Crippen molar-refractivity contribution in [1.82, 2.24) is 5.73 Å². The van der Waals surface area contributed by atoms with E-state index in [1.807, 2.05) is 0 Å². The number of amides is 1. The monoisotopic (exact) mass is 256 g/mol. The molecule has 0 unspecified atom stereocenters. The van der Waals surface area contributed by atoms with Gasteiger partial charge >= 0.3 is 0 Å². The standard InChI is InChI=1S/C10H14N3O3S/c1-2-17(15,16)13-8-5-3-4-7(6-8)9(11)10(12)14/h3-6,9,12-13H,2,11H2,1H3/t9-/m1/s1. The van der Waals surface area contributed by atoms with Crippen LogP contribution in [-0.4, -0.2) is 20.1 Å². The van der Waals surface area contributed by atoms with Crippen molar-refractivity contribution < 1.29 is 13.2 Å². The van der Waals surface area contributed by atoms with Gasteiger partial charge in [-0.05, 0) is 24.6 Å². The van der Waals surface area contributed by atoms with E-state index in [0.717, 1.165) is 0 Å². The summed E-state index contributed by atoms with van der Waals surface area (Å²) in [5.41, 5.74) is 13.1. The summed E-state index contributed by atoms with van der Waals surface area (Å²) in [6.07, 6.45) is 0. The fraction of sp³-hybridized carbons (Fsp3) is 0.300. The summed E-state index contributed by atoms with van der Waals surface area (Å²) in [7, 11) is -3.36. The molecule has 1 atom stereocenters. The third kappa shape index (κ3) is 3.72. The van der Waals surface area contributed by atoms with Crippen LogP contribution in [0.25, 0.3) is 0 Å². The average Bonchev–Trinajstić information content (AvgIpc) is 2.27. The minimum atomic E-state index is -3.36. The van der Waals surface area contributed by atoms with Crippen molar-refractivity contribution in [2.24, 2.45) is 5.73 Å². The van der Waals surface area contributed by atoms with Crippen molar-refractivity contribution in [3.05, 3.63) is 29.8 Å². The van der Waals surface area contributed by atoms with E-state index in [0.29, 0.717) is 11.3 Å². The Morgan fingerprint density at radius 3 is 2.71 bits per heavy atom. The number of hydrogen-bond acceptors (Lipinski definition) is 4. The predicted molar refractivity (Wildman–Crippen MR) is 64.6 cm³/mol. The molecule has 1 amide bonds. The van der Waals surface area contributed by atoms with Crippen molar-refractivity contribution in [3.8, 4) is 0 Å². The first-order valence-electron chi connectivity index (χ1n) is 4.97. The molecule has 4 N–H and O–H groups in total. The number of sulfonamides is 1. The highest BCUT2D eigenvalue weighted by Crippen LogP contribution is 2.17. The van der Waals surface area contributed by atoms with Crippen molar-refractivity contribution in [3.63, 3.8) is 0 Å². The van der Waals surface area contributed by atoms with E-state index in [9.17, 15) is 13.2 Å². The second-order valence-corrected chi connectivity index (χ2v) is 5.48. The molecule has 0 aliphatic rings. The van der Waals surface area contributed by atoms with Crippen molar-refractivity contribution in [2.75, 3.05) is 10.5 Å². The lowest BCUT2D eigenvalue weighted by atomic mass is 10.1. The molecule has 1 aromatic carbocycles. The van der Waals surface area contributed by atoms with E-state index < -0.39 is 22.0 Å². The highest BCUT2D eigenvalue weighted by Gasteiger charge is 2.14. The van der Waals surface area contributed by atoms with Crippen molar-refractivity contribution in [1.29, 1.82) is 0 Å². The molecule has 0 aliphatic heterocycles. The summed E-state index contributed by atoms with van der Waals surface area (Å²) in [4.78, 5) is 10.8. The zero-order chi connectivity index (χ0) is 13.1. The quantitative estimate of drug-likeness (QED) is 0.786. The molecular formula is C10H14N3O3S. The van der Waals surface area contributed by atoms with Crippen LogP contribution in [-0.2, 0) is 14.8 Å². The van der Waals surface area contributed by atoms with Crippen LogP contribution in [0.2, 0.25) is 0 Å². The van der Waals surface area contributed by atoms with E-state index in [2.05, 4.69) is 4.72 Å². The smallest absolute Gasteiger partial charge is 0.259 e. The van der Waals surface area contributed by atoms with Gasteiger partial charge in [0, 0.05) is 5.69 Å². The minimum absolute atomic E-state index is 0.0410. The normalized spacial score (nSPS) is 13.1. The number of nitrogens with one attached hydrogen (secondary N) is 2. The third-order valence-corrected chi connectivity index (χ3v) is 3.49. The third-order valence-electron chi connectivity index (χ3n) is 2.18. The van der Waals surface area contributed by atoms with Gasteiger partial charge in [0.15, 0.2) is 0 Å². The van der Waals surface area contributed by atoms with Crippen LogP contribution in [0.15, 0.2) is 24.3 Å². The number of carbonyl (C=O) groups is 1. The molecule has 0 saturated heterocycles. The number of carbonyl (C=O) groups excluding carboxylic acids is 1. The maximum Gasteiger partial charge on any atom is 0.259 e. The molecule has 0 fully saturated rings. The van der Waals surface area contributed by atoms with Gasteiger partial charge in [-0.3, -0.25) is 15.3 Å². The molecule has 0 heterocycles. The second-order valence-electron chi connectivity index (χ2n) is 3.47. The van der Waals surface area contributed by atoms with Gasteiger partial charge in [0.1, 0.15) is 6.04 Å². The minimum Gasteiger partial charge on any atom is -0.316 e. The summed E-state index contributed by atoms with van der Waals surface area (Å²) in [6, 6.07) is 5.09. The Hall–Kier alpha value is -1.60. The molecule has 17 heavy (non-hydrogen) atoms. The largest absolute Gasteiger partial charge is 0.316 e. The van der Waals surface area contributed by atoms with E-state index in [1.54, 1.807) is 18.2 Å². The maximum absolute atomic E-state index is 11.3. The van der Waals surface area contributed by atoms with Crippen LogP contribution < -0.4 is 16.2 Å². The number of rotatable bonds is 5. The predicted octanol–water partition coefficient (Wildman–Crippen LogP) is 0.257. The maximum atomic E-state index is 11.3. The highest BCUT2D eigenvalue weighted by atomic mass is 32.2. The molecule has 0 bridgehead atoms.